The highest BCUT2D eigenvalue weighted by atomic mass is 16.1. The molecule has 1 aromatic carbocycles. The van der Waals surface area contributed by atoms with Crippen molar-refractivity contribution in [3.05, 3.63) is 58.4 Å². The molecule has 1 N–H and O–H groups in total. The van der Waals surface area contributed by atoms with E-state index in [-0.39, 0.29) is 5.78 Å². The normalized spacial score (nSPS) is 17.9. The van der Waals surface area contributed by atoms with E-state index in [1.807, 2.05) is 50.3 Å². The van der Waals surface area contributed by atoms with E-state index < -0.39 is 0 Å². The van der Waals surface area contributed by atoms with Crippen molar-refractivity contribution in [1.29, 1.82) is 0 Å². The Kier molecular flexibility index (Phi) is 3.03. The van der Waals surface area contributed by atoms with E-state index in [4.69, 9.17) is 0 Å². The van der Waals surface area contributed by atoms with Gasteiger partial charge in [0.05, 0.1) is 11.1 Å². The number of rotatable bonds is 1. The molecule has 2 heterocycles. The van der Waals surface area contributed by atoms with Gasteiger partial charge in [0.2, 0.25) is 5.96 Å². The fourth-order valence-electron chi connectivity index (χ4n) is 2.84. The Bertz CT molecular complexity index is 953. The number of benzene rings is 1. The summed E-state index contributed by atoms with van der Waals surface area (Å²) >= 11 is 0. The van der Waals surface area contributed by atoms with Crippen LogP contribution < -0.4 is 5.43 Å². The standard InChI is InChI=1S/C18H15N5O/c1-22(2)18-20-15-12-6-4-5-7-13(12)17(24)14(16(15)21-18)11-8-9-19-23(3)10-11/h4-7,10,19H,1-3H3. The number of fused-ring (bicyclic) bond motifs is 3. The van der Waals surface area contributed by atoms with Crippen LogP contribution in [0.1, 0.15) is 15.9 Å². The predicted molar refractivity (Wildman–Crippen MR) is 92.2 cm³/mol. The van der Waals surface area contributed by atoms with Crippen LogP contribution in [0.15, 0.2) is 57.3 Å². The van der Waals surface area contributed by atoms with Crippen molar-refractivity contribution in [2.45, 2.75) is 0 Å². The fraction of sp³-hybridized carbons (Fsp3) is 0.167. The lowest BCUT2D eigenvalue weighted by Crippen LogP contribution is -2.29. The van der Waals surface area contributed by atoms with Crippen LogP contribution in [0.25, 0.3) is 0 Å². The minimum atomic E-state index is -0.0702. The summed E-state index contributed by atoms with van der Waals surface area (Å²) in [6, 6.07) is 10.3. The largest absolute Gasteiger partial charge is 0.347 e. The quantitative estimate of drug-likeness (QED) is 0.790. The Hall–Kier alpha value is -3.33. The summed E-state index contributed by atoms with van der Waals surface area (Å²) in [6.07, 6.45) is 1.80. The van der Waals surface area contributed by atoms with Crippen molar-refractivity contribution in [3.8, 4) is 12.0 Å². The molecule has 6 heteroatoms. The number of nitrogens with zero attached hydrogens (tertiary/aromatic N) is 4. The van der Waals surface area contributed by atoms with E-state index in [0.29, 0.717) is 28.4 Å². The topological polar surface area (TPSA) is 60.3 Å². The summed E-state index contributed by atoms with van der Waals surface area (Å²) in [5.41, 5.74) is 6.78. The molecule has 1 aliphatic carbocycles. The molecule has 0 radical (unpaired) electrons. The predicted octanol–water partition coefficient (Wildman–Crippen LogP) is 1.15. The third kappa shape index (κ3) is 2.02. The second-order valence-electron chi connectivity index (χ2n) is 5.88. The van der Waals surface area contributed by atoms with Gasteiger partial charge in [-0.1, -0.05) is 24.3 Å². The van der Waals surface area contributed by atoms with Crippen molar-refractivity contribution < 1.29 is 4.79 Å². The molecule has 4 rings (SSSR count). The Labute approximate surface area is 139 Å². The van der Waals surface area contributed by atoms with Gasteiger partial charge in [-0.05, 0) is 5.92 Å². The number of aliphatic imine (C=N–C) groups is 2. The maximum atomic E-state index is 13.1. The molecule has 0 aromatic heterocycles. The van der Waals surface area contributed by atoms with Crippen LogP contribution in [0.4, 0.5) is 0 Å². The minimum absolute atomic E-state index is 0.0702. The maximum Gasteiger partial charge on any atom is 0.226 e. The van der Waals surface area contributed by atoms with E-state index in [0.717, 1.165) is 11.3 Å². The van der Waals surface area contributed by atoms with Crippen molar-refractivity contribution >= 4 is 17.5 Å². The van der Waals surface area contributed by atoms with Gasteiger partial charge in [-0.25, -0.2) is 9.98 Å². The highest BCUT2D eigenvalue weighted by Gasteiger charge is 2.35. The van der Waals surface area contributed by atoms with E-state index in [1.54, 1.807) is 11.2 Å². The summed E-state index contributed by atoms with van der Waals surface area (Å²) in [7, 11) is 5.59. The van der Waals surface area contributed by atoms with E-state index in [2.05, 4.69) is 27.4 Å². The summed E-state index contributed by atoms with van der Waals surface area (Å²) in [5.74, 6) is 3.49. The molecule has 0 atom stereocenters. The second-order valence-corrected chi connectivity index (χ2v) is 5.88. The van der Waals surface area contributed by atoms with Crippen molar-refractivity contribution in [2.75, 3.05) is 21.1 Å². The van der Waals surface area contributed by atoms with Gasteiger partial charge in [-0.3, -0.25) is 15.2 Å². The monoisotopic (exact) mass is 317 g/mol. The van der Waals surface area contributed by atoms with Crippen molar-refractivity contribution in [2.24, 2.45) is 9.98 Å². The molecule has 0 unspecified atom stereocenters. The van der Waals surface area contributed by atoms with E-state index in [1.165, 1.54) is 0 Å². The second kappa shape index (κ2) is 5.10. The molecular formula is C18H15N5O. The highest BCUT2D eigenvalue weighted by Crippen LogP contribution is 2.34. The molecule has 0 fully saturated rings. The summed E-state index contributed by atoms with van der Waals surface area (Å²) < 4.78 is 0. The molecule has 0 bridgehead atoms. The maximum absolute atomic E-state index is 13.1. The molecule has 6 nitrogen and oxygen atoms in total. The van der Waals surface area contributed by atoms with Crippen molar-refractivity contribution in [1.82, 2.24) is 15.3 Å². The van der Waals surface area contributed by atoms with E-state index >= 15 is 0 Å². The number of carbonyl (C=O) groups excluding carboxylic acids is 1. The third-order valence-electron chi connectivity index (χ3n) is 3.96. The molecule has 0 amide bonds. The van der Waals surface area contributed by atoms with Gasteiger partial charge in [-0.2, -0.15) is 0 Å². The van der Waals surface area contributed by atoms with E-state index in [9.17, 15) is 4.79 Å². The van der Waals surface area contributed by atoms with Crippen LogP contribution in [-0.4, -0.2) is 48.5 Å². The smallest absolute Gasteiger partial charge is 0.226 e. The van der Waals surface area contributed by atoms with Crippen LogP contribution in [-0.2, 0) is 0 Å². The SMILES string of the molecule is CN1C=C(C2=C3N=C(N(C)C)N=C3c3ccccc3C2=O)C#CN1. The molecule has 0 saturated heterocycles. The molecule has 0 saturated carbocycles. The first-order chi connectivity index (χ1) is 11.6. The van der Waals surface area contributed by atoms with Crippen LogP contribution >= 0.6 is 0 Å². The summed E-state index contributed by atoms with van der Waals surface area (Å²) in [6.45, 7) is 0. The van der Waals surface area contributed by atoms with Gasteiger partial charge in [0.15, 0.2) is 5.78 Å². The summed E-state index contributed by atoms with van der Waals surface area (Å²) in [5, 5.41) is 1.72. The first kappa shape index (κ1) is 14.3. The molecule has 2 aliphatic heterocycles. The molecule has 3 aliphatic rings. The number of carbonyl (C=O) groups is 1. The summed E-state index contributed by atoms with van der Waals surface area (Å²) in [4.78, 5) is 24.1. The number of allylic oxidation sites excluding steroid dienone is 3. The van der Waals surface area contributed by atoms with Gasteiger partial charge in [-0.15, -0.1) is 0 Å². The molecular weight excluding hydrogens is 302 g/mol. The Balaban J connectivity index is 1.99. The Morgan fingerprint density at radius 3 is 2.62 bits per heavy atom. The molecule has 1 aromatic rings. The van der Waals surface area contributed by atoms with Gasteiger partial charge in [0.1, 0.15) is 11.4 Å². The minimum Gasteiger partial charge on any atom is -0.347 e. The Morgan fingerprint density at radius 1 is 1.17 bits per heavy atom. The van der Waals surface area contributed by atoms with Crippen molar-refractivity contribution in [3.63, 3.8) is 0 Å². The lowest BCUT2D eigenvalue weighted by atomic mass is 9.84. The highest BCUT2D eigenvalue weighted by molar-refractivity contribution is 6.33. The lowest BCUT2D eigenvalue weighted by Gasteiger charge is -2.22. The zero-order valence-corrected chi connectivity index (χ0v) is 13.6. The zero-order chi connectivity index (χ0) is 16.8. The van der Waals surface area contributed by atoms with Gasteiger partial charge >= 0.3 is 0 Å². The van der Waals surface area contributed by atoms with Gasteiger partial charge < -0.3 is 4.90 Å². The zero-order valence-electron chi connectivity index (χ0n) is 13.6. The first-order valence-corrected chi connectivity index (χ1v) is 7.51. The van der Waals surface area contributed by atoms with Crippen LogP contribution in [0.2, 0.25) is 0 Å². The number of hydrogen-bond donors (Lipinski definition) is 1. The molecule has 118 valence electrons. The molecule has 24 heavy (non-hydrogen) atoms. The fourth-order valence-corrected chi connectivity index (χ4v) is 2.84. The number of ketones is 1. The lowest BCUT2D eigenvalue weighted by molar-refractivity contribution is 0.103. The number of Topliss-reactive ketones (excluding diaryl/α,β-unsaturated/α-hetero) is 1. The van der Waals surface area contributed by atoms with Gasteiger partial charge in [0, 0.05) is 44.5 Å². The van der Waals surface area contributed by atoms with Crippen LogP contribution in [0, 0.1) is 12.0 Å². The number of guanidine groups is 1. The number of hydrogen-bond acceptors (Lipinski definition) is 6. The molecule has 0 spiro atoms. The number of nitrogens with one attached hydrogen (secondary N) is 1. The van der Waals surface area contributed by atoms with Gasteiger partial charge in [0.25, 0.3) is 0 Å². The Morgan fingerprint density at radius 2 is 1.92 bits per heavy atom. The average molecular weight is 317 g/mol. The average Bonchev–Trinajstić information content (AvgIpc) is 3.01. The van der Waals surface area contributed by atoms with Crippen LogP contribution in [0.5, 0.6) is 0 Å². The third-order valence-corrected chi connectivity index (χ3v) is 3.96. The number of hydrazine groups is 1. The van der Waals surface area contributed by atoms with Crippen LogP contribution in [0.3, 0.4) is 0 Å². The first-order valence-electron chi connectivity index (χ1n) is 7.51.